The minimum atomic E-state index is -4.94. The first-order valence-corrected chi connectivity index (χ1v) is 4.97. The zero-order chi connectivity index (χ0) is 11.5. The summed E-state index contributed by atoms with van der Waals surface area (Å²) in [5.41, 5.74) is 7.56. The van der Waals surface area contributed by atoms with E-state index in [4.69, 9.17) is 24.4 Å². The Morgan fingerprint density at radius 2 is 1.67 bits per heavy atom. The molecule has 2 aromatic rings. The van der Waals surface area contributed by atoms with Crippen molar-refractivity contribution in [1.29, 1.82) is 0 Å². The molecule has 0 unspecified atom stereocenters. The molecule has 0 aliphatic carbocycles. The molecular formula is C7H8ClN3O4. The van der Waals surface area contributed by atoms with Crippen LogP contribution in [0.25, 0.3) is 11.0 Å². The summed E-state index contributed by atoms with van der Waals surface area (Å²) >= 11 is 0. The van der Waals surface area contributed by atoms with Crippen molar-refractivity contribution in [1.82, 2.24) is 4.98 Å². The number of H-pyrrole nitrogens is 2. The molecule has 0 atom stereocenters. The van der Waals surface area contributed by atoms with E-state index in [0.717, 1.165) is 11.0 Å². The van der Waals surface area contributed by atoms with Crippen LogP contribution >= 0.6 is 0 Å². The second kappa shape index (κ2) is 4.43. The average Bonchev–Trinajstić information content (AvgIpc) is 2.40. The lowest BCUT2D eigenvalue weighted by Gasteiger charge is -2.17. The number of halogens is 1. The maximum atomic E-state index is 8.49. The molecule has 0 spiro atoms. The monoisotopic (exact) mass is 233 g/mol. The highest BCUT2D eigenvalue weighted by Gasteiger charge is 2.00. The van der Waals surface area contributed by atoms with Crippen molar-refractivity contribution in [3.63, 3.8) is 0 Å². The van der Waals surface area contributed by atoms with Crippen molar-refractivity contribution in [2.75, 3.05) is 5.73 Å². The van der Waals surface area contributed by atoms with Gasteiger partial charge in [-0.2, -0.15) is 0 Å². The van der Waals surface area contributed by atoms with Gasteiger partial charge < -0.3 is 0 Å². The number of benzene rings is 1. The lowest BCUT2D eigenvalue weighted by molar-refractivity contribution is -2.00. The second-order valence-corrected chi connectivity index (χ2v) is 3.34. The molecular weight excluding hydrogens is 226 g/mol. The first kappa shape index (κ1) is 11.7. The van der Waals surface area contributed by atoms with Gasteiger partial charge >= 0.3 is 5.95 Å². The number of hydrogen-bond donors (Lipinski definition) is 2. The van der Waals surface area contributed by atoms with Crippen LogP contribution < -0.4 is 29.4 Å². The van der Waals surface area contributed by atoms with Crippen LogP contribution in [0.2, 0.25) is 0 Å². The van der Waals surface area contributed by atoms with Crippen molar-refractivity contribution in [3.05, 3.63) is 24.3 Å². The summed E-state index contributed by atoms with van der Waals surface area (Å²) in [5, 5.41) is 0. The molecule has 0 saturated heterocycles. The minimum absolute atomic E-state index is 0.598. The number of nitrogen functional groups attached to an aromatic ring is 1. The van der Waals surface area contributed by atoms with E-state index in [-0.39, 0.29) is 0 Å². The number of anilines is 1. The van der Waals surface area contributed by atoms with Gasteiger partial charge in [-0.25, -0.2) is 28.6 Å². The molecule has 7 nitrogen and oxygen atoms in total. The van der Waals surface area contributed by atoms with Crippen LogP contribution in [-0.4, -0.2) is 4.98 Å². The number of rotatable bonds is 0. The minimum Gasteiger partial charge on any atom is -0.290 e. The number of imidazole rings is 1. The van der Waals surface area contributed by atoms with Gasteiger partial charge in [-0.1, -0.05) is 12.1 Å². The summed E-state index contributed by atoms with van der Waals surface area (Å²) in [4.78, 5) is 5.96. The molecule has 4 N–H and O–H groups in total. The number of nitrogens with two attached hydrogens (primary N) is 1. The Bertz CT molecular complexity index is 400. The van der Waals surface area contributed by atoms with E-state index >= 15 is 0 Å². The van der Waals surface area contributed by atoms with Crippen LogP contribution in [0.4, 0.5) is 5.95 Å². The first-order valence-electron chi connectivity index (χ1n) is 3.73. The third-order valence-corrected chi connectivity index (χ3v) is 1.47. The molecule has 0 saturated carbocycles. The molecule has 82 valence electrons. The summed E-state index contributed by atoms with van der Waals surface area (Å²) < 4.78 is 34.0. The summed E-state index contributed by atoms with van der Waals surface area (Å²) in [5.74, 6) is 0.598. The highest BCUT2D eigenvalue weighted by Crippen LogP contribution is 2.05. The number of aromatic nitrogens is 2. The van der Waals surface area contributed by atoms with Crippen LogP contribution in [0, 0.1) is 10.2 Å². The standard InChI is InChI=1S/C7H7N3.ClHO4/c8-7-9-5-3-1-2-4-6(5)10-7;2-1(3,4)5/h1-4H,(H3,8,9,10);(H,2,3,4,5). The quantitative estimate of drug-likeness (QED) is 0.473. The molecule has 15 heavy (non-hydrogen) atoms. The zero-order valence-corrected chi connectivity index (χ0v) is 8.15. The van der Waals surface area contributed by atoms with Gasteiger partial charge in [0.2, 0.25) is 0 Å². The third-order valence-electron chi connectivity index (χ3n) is 1.47. The second-order valence-electron chi connectivity index (χ2n) is 2.59. The number of fused-ring (bicyclic) bond motifs is 1. The summed E-state index contributed by atoms with van der Waals surface area (Å²) in [7, 11) is -4.94. The Balaban J connectivity index is 0.000000195. The lowest BCUT2D eigenvalue weighted by atomic mass is 10.3. The molecule has 8 heteroatoms. The van der Waals surface area contributed by atoms with E-state index < -0.39 is 10.2 Å². The fourth-order valence-electron chi connectivity index (χ4n) is 1.02. The Labute approximate surface area is 86.5 Å². The summed E-state index contributed by atoms with van der Waals surface area (Å²) in [6.45, 7) is 0. The predicted molar refractivity (Wildman–Crippen MR) is 39.3 cm³/mol. The van der Waals surface area contributed by atoms with Gasteiger partial charge in [-0.05, 0) is 12.1 Å². The molecule has 0 bridgehead atoms. The Morgan fingerprint density at radius 1 is 1.13 bits per heavy atom. The van der Waals surface area contributed by atoms with E-state index in [0.29, 0.717) is 5.95 Å². The Morgan fingerprint density at radius 3 is 2.20 bits per heavy atom. The molecule has 0 fully saturated rings. The van der Waals surface area contributed by atoms with Crippen molar-refractivity contribution < 1.29 is 33.9 Å². The number of para-hydroxylation sites is 2. The Kier molecular flexibility index (Phi) is 3.45. The SMILES string of the molecule is Nc1[nH]c2ccccc2[nH+]1.[O-][Cl+3]([O-])([O-])[O-]. The highest BCUT2D eigenvalue weighted by atomic mass is 35.7. The van der Waals surface area contributed by atoms with Gasteiger partial charge in [0.25, 0.3) is 0 Å². The number of nitrogens with one attached hydrogen (secondary N) is 2. The molecule has 0 aliphatic heterocycles. The maximum Gasteiger partial charge on any atom is 0.351 e. The number of hydrogen-bond acceptors (Lipinski definition) is 5. The fourth-order valence-corrected chi connectivity index (χ4v) is 1.02. The average molecular weight is 234 g/mol. The summed E-state index contributed by atoms with van der Waals surface area (Å²) in [6.07, 6.45) is 0. The normalized spacial score (nSPS) is 10.9. The summed E-state index contributed by atoms with van der Waals surface area (Å²) in [6, 6.07) is 7.88. The molecule has 1 heterocycles. The molecule has 2 rings (SSSR count). The molecule has 0 radical (unpaired) electrons. The zero-order valence-electron chi connectivity index (χ0n) is 7.40. The van der Waals surface area contributed by atoms with Crippen LogP contribution in [0.1, 0.15) is 0 Å². The first-order chi connectivity index (χ1) is 6.86. The van der Waals surface area contributed by atoms with Gasteiger partial charge in [0.15, 0.2) is 0 Å². The highest BCUT2D eigenvalue weighted by molar-refractivity contribution is 5.71. The van der Waals surface area contributed by atoms with Gasteiger partial charge in [0, 0.05) is 0 Å². The van der Waals surface area contributed by atoms with Gasteiger partial charge in [0.1, 0.15) is 11.0 Å². The van der Waals surface area contributed by atoms with Crippen LogP contribution in [0.3, 0.4) is 0 Å². The molecule has 1 aromatic heterocycles. The van der Waals surface area contributed by atoms with Gasteiger partial charge in [0.05, 0.1) is 0 Å². The van der Waals surface area contributed by atoms with E-state index in [9.17, 15) is 0 Å². The topological polar surface area (TPSA) is 148 Å². The van der Waals surface area contributed by atoms with Crippen LogP contribution in [0.5, 0.6) is 0 Å². The van der Waals surface area contributed by atoms with Gasteiger partial charge in [-0.3, -0.25) is 5.73 Å². The third kappa shape index (κ3) is 4.58. The lowest BCUT2D eigenvalue weighted by Crippen LogP contribution is -2.68. The van der Waals surface area contributed by atoms with E-state index in [1.54, 1.807) is 0 Å². The van der Waals surface area contributed by atoms with E-state index in [2.05, 4.69) is 9.97 Å². The molecule has 1 aromatic carbocycles. The Hall–Kier alpha value is -1.38. The van der Waals surface area contributed by atoms with Crippen molar-refractivity contribution in [2.45, 2.75) is 0 Å². The van der Waals surface area contributed by atoms with Crippen molar-refractivity contribution >= 4 is 17.0 Å². The molecule has 0 aliphatic rings. The van der Waals surface area contributed by atoms with Crippen LogP contribution in [-0.2, 0) is 0 Å². The predicted octanol–water partition coefficient (Wildman–Crippen LogP) is -4.19. The fraction of sp³-hybridized carbons (Fsp3) is 0. The maximum absolute atomic E-state index is 8.49. The van der Waals surface area contributed by atoms with Crippen LogP contribution in [0.15, 0.2) is 24.3 Å². The van der Waals surface area contributed by atoms with Crippen molar-refractivity contribution in [2.24, 2.45) is 0 Å². The van der Waals surface area contributed by atoms with E-state index in [1.807, 2.05) is 24.3 Å². The largest absolute Gasteiger partial charge is 0.351 e. The smallest absolute Gasteiger partial charge is 0.290 e. The van der Waals surface area contributed by atoms with E-state index in [1.165, 1.54) is 0 Å². The van der Waals surface area contributed by atoms with Crippen molar-refractivity contribution in [3.8, 4) is 0 Å². The number of aromatic amines is 2. The van der Waals surface area contributed by atoms with Gasteiger partial charge in [-0.15, -0.1) is 10.2 Å². The molecule has 0 amide bonds.